The Bertz CT molecular complexity index is 457. The van der Waals surface area contributed by atoms with Crippen molar-refractivity contribution in [2.45, 2.75) is 63.7 Å². The third-order valence-electron chi connectivity index (χ3n) is 5.41. The summed E-state index contributed by atoms with van der Waals surface area (Å²) < 4.78 is 13.1. The van der Waals surface area contributed by atoms with Crippen molar-refractivity contribution in [2.75, 3.05) is 7.05 Å². The van der Waals surface area contributed by atoms with Gasteiger partial charge in [-0.3, -0.25) is 0 Å². The fraction of sp³-hybridized carbons (Fsp3) is 0.667. The van der Waals surface area contributed by atoms with Crippen LogP contribution in [0.3, 0.4) is 0 Å². The molecular formula is C18H27FN2. The Labute approximate surface area is 127 Å². The molecule has 2 aliphatic heterocycles. The molecule has 0 saturated carbocycles. The van der Waals surface area contributed by atoms with Crippen molar-refractivity contribution in [3.8, 4) is 0 Å². The second-order valence-corrected chi connectivity index (χ2v) is 7.16. The average Bonchev–Trinajstić information content (AvgIpc) is 2.68. The fourth-order valence-corrected chi connectivity index (χ4v) is 4.15. The lowest BCUT2D eigenvalue weighted by atomic mass is 9.91. The molecule has 3 unspecified atom stereocenters. The maximum absolute atomic E-state index is 13.1. The van der Waals surface area contributed by atoms with E-state index in [1.807, 2.05) is 12.1 Å². The number of hydrogen-bond acceptors (Lipinski definition) is 2. The Morgan fingerprint density at radius 2 is 1.67 bits per heavy atom. The van der Waals surface area contributed by atoms with Gasteiger partial charge in [-0.1, -0.05) is 26.0 Å². The van der Waals surface area contributed by atoms with E-state index in [0.29, 0.717) is 18.0 Å². The smallest absolute Gasteiger partial charge is 0.123 e. The zero-order chi connectivity index (χ0) is 15.0. The van der Waals surface area contributed by atoms with Gasteiger partial charge in [-0.2, -0.15) is 0 Å². The van der Waals surface area contributed by atoms with Gasteiger partial charge in [0.05, 0.1) is 0 Å². The lowest BCUT2D eigenvalue weighted by Crippen LogP contribution is -2.48. The number of fused-ring (bicyclic) bond motifs is 2. The Balaban J connectivity index is 1.70. The van der Waals surface area contributed by atoms with Gasteiger partial charge in [-0.25, -0.2) is 4.39 Å². The summed E-state index contributed by atoms with van der Waals surface area (Å²) in [5, 5.41) is 3.86. The van der Waals surface area contributed by atoms with Gasteiger partial charge in [0.1, 0.15) is 5.82 Å². The molecule has 0 spiro atoms. The molecule has 0 aliphatic carbocycles. The molecule has 2 saturated heterocycles. The van der Waals surface area contributed by atoms with Crippen molar-refractivity contribution in [3.63, 3.8) is 0 Å². The van der Waals surface area contributed by atoms with Crippen LogP contribution in [0.15, 0.2) is 24.3 Å². The van der Waals surface area contributed by atoms with Crippen molar-refractivity contribution >= 4 is 0 Å². The fourth-order valence-electron chi connectivity index (χ4n) is 4.15. The monoisotopic (exact) mass is 290 g/mol. The summed E-state index contributed by atoms with van der Waals surface area (Å²) in [4.78, 5) is 2.57. The molecular weight excluding hydrogens is 263 g/mol. The van der Waals surface area contributed by atoms with E-state index in [1.54, 1.807) is 12.1 Å². The van der Waals surface area contributed by atoms with Gasteiger partial charge in [0.25, 0.3) is 0 Å². The molecule has 2 bridgehead atoms. The van der Waals surface area contributed by atoms with Gasteiger partial charge < -0.3 is 10.2 Å². The van der Waals surface area contributed by atoms with Crippen LogP contribution in [-0.4, -0.2) is 30.1 Å². The van der Waals surface area contributed by atoms with Crippen LogP contribution in [-0.2, 0) is 0 Å². The molecule has 1 N–H and O–H groups in total. The minimum Gasteiger partial charge on any atom is -0.307 e. The van der Waals surface area contributed by atoms with Crippen LogP contribution in [0.4, 0.5) is 4.39 Å². The molecule has 3 rings (SSSR count). The summed E-state index contributed by atoms with van der Waals surface area (Å²) in [7, 11) is 2.28. The van der Waals surface area contributed by atoms with E-state index in [0.717, 1.165) is 12.1 Å². The average molecular weight is 290 g/mol. The van der Waals surface area contributed by atoms with Gasteiger partial charge in [-0.05, 0) is 56.3 Å². The number of nitrogens with zero attached hydrogens (tertiary/aromatic N) is 1. The molecule has 0 radical (unpaired) electrons. The molecule has 21 heavy (non-hydrogen) atoms. The lowest BCUT2D eigenvalue weighted by molar-refractivity contribution is 0.138. The van der Waals surface area contributed by atoms with E-state index in [2.05, 4.69) is 31.1 Å². The second kappa shape index (κ2) is 6.05. The standard InChI is InChI=1S/C18H27FN2/c1-12(2)18(13-4-6-14(19)7-5-13)20-15-10-16-8-9-17(11-15)21(16)3/h4-7,12,15-18,20H,8-11H2,1-3H3. The third kappa shape index (κ3) is 3.14. The van der Waals surface area contributed by atoms with Crippen LogP contribution < -0.4 is 5.32 Å². The van der Waals surface area contributed by atoms with Gasteiger partial charge in [0.2, 0.25) is 0 Å². The summed E-state index contributed by atoms with van der Waals surface area (Å²) in [6, 6.07) is 9.42. The van der Waals surface area contributed by atoms with E-state index in [-0.39, 0.29) is 5.82 Å². The Hall–Kier alpha value is -0.930. The number of piperidine rings is 1. The van der Waals surface area contributed by atoms with Crippen LogP contribution in [0.1, 0.15) is 51.1 Å². The number of nitrogens with one attached hydrogen (secondary N) is 1. The van der Waals surface area contributed by atoms with Crippen molar-refractivity contribution in [1.29, 1.82) is 0 Å². The second-order valence-electron chi connectivity index (χ2n) is 7.16. The van der Waals surface area contributed by atoms with Crippen LogP contribution in [0.5, 0.6) is 0 Å². The molecule has 2 aliphatic rings. The molecule has 1 aromatic carbocycles. The summed E-state index contributed by atoms with van der Waals surface area (Å²) in [5.74, 6) is 0.353. The first kappa shape index (κ1) is 15.0. The highest BCUT2D eigenvalue weighted by Gasteiger charge is 2.39. The first-order valence-electron chi connectivity index (χ1n) is 8.28. The number of benzene rings is 1. The van der Waals surface area contributed by atoms with Gasteiger partial charge in [0.15, 0.2) is 0 Å². The third-order valence-corrected chi connectivity index (χ3v) is 5.41. The van der Waals surface area contributed by atoms with Crippen LogP contribution in [0.25, 0.3) is 0 Å². The highest BCUT2D eigenvalue weighted by atomic mass is 19.1. The van der Waals surface area contributed by atoms with Crippen molar-refractivity contribution in [2.24, 2.45) is 5.92 Å². The van der Waals surface area contributed by atoms with Crippen LogP contribution >= 0.6 is 0 Å². The van der Waals surface area contributed by atoms with E-state index in [9.17, 15) is 4.39 Å². The molecule has 0 amide bonds. The normalized spacial score (nSPS) is 30.8. The molecule has 1 aromatic rings. The summed E-state index contributed by atoms with van der Waals surface area (Å²) in [6.07, 6.45) is 5.19. The first-order chi connectivity index (χ1) is 10.0. The van der Waals surface area contributed by atoms with E-state index < -0.39 is 0 Å². The Morgan fingerprint density at radius 3 is 2.19 bits per heavy atom. The zero-order valence-corrected chi connectivity index (χ0v) is 13.3. The summed E-state index contributed by atoms with van der Waals surface area (Å²) in [5.41, 5.74) is 1.21. The van der Waals surface area contributed by atoms with E-state index >= 15 is 0 Å². The molecule has 2 nitrogen and oxygen atoms in total. The predicted molar refractivity (Wildman–Crippen MR) is 84.7 cm³/mol. The molecule has 0 aromatic heterocycles. The topological polar surface area (TPSA) is 15.3 Å². The minimum absolute atomic E-state index is 0.154. The lowest BCUT2D eigenvalue weighted by Gasteiger charge is -2.39. The molecule has 3 atom stereocenters. The highest BCUT2D eigenvalue weighted by molar-refractivity contribution is 5.21. The number of hydrogen-bond donors (Lipinski definition) is 1. The molecule has 2 fully saturated rings. The number of halogens is 1. The Kier molecular flexibility index (Phi) is 4.32. The zero-order valence-electron chi connectivity index (χ0n) is 13.3. The maximum atomic E-state index is 13.1. The van der Waals surface area contributed by atoms with E-state index in [1.165, 1.54) is 31.2 Å². The molecule has 3 heteroatoms. The van der Waals surface area contributed by atoms with Gasteiger partial charge in [0, 0.05) is 24.2 Å². The molecule has 2 heterocycles. The summed E-state index contributed by atoms with van der Waals surface area (Å²) >= 11 is 0. The Morgan fingerprint density at radius 1 is 1.10 bits per heavy atom. The SMILES string of the molecule is CC(C)C(NC1CC2CCC(C1)N2C)c1ccc(F)cc1. The van der Waals surface area contributed by atoms with Crippen molar-refractivity contribution in [3.05, 3.63) is 35.6 Å². The van der Waals surface area contributed by atoms with Crippen LogP contribution in [0, 0.1) is 11.7 Å². The number of rotatable bonds is 4. The van der Waals surface area contributed by atoms with Crippen LogP contribution in [0.2, 0.25) is 0 Å². The van der Waals surface area contributed by atoms with Crippen molar-refractivity contribution < 1.29 is 4.39 Å². The maximum Gasteiger partial charge on any atom is 0.123 e. The van der Waals surface area contributed by atoms with Crippen molar-refractivity contribution in [1.82, 2.24) is 10.2 Å². The van der Waals surface area contributed by atoms with Gasteiger partial charge >= 0.3 is 0 Å². The first-order valence-corrected chi connectivity index (χ1v) is 8.28. The quantitative estimate of drug-likeness (QED) is 0.909. The van der Waals surface area contributed by atoms with E-state index in [4.69, 9.17) is 0 Å². The highest BCUT2D eigenvalue weighted by Crippen LogP contribution is 2.35. The predicted octanol–water partition coefficient (Wildman–Crippen LogP) is 3.74. The largest absolute Gasteiger partial charge is 0.307 e. The minimum atomic E-state index is -0.154. The summed E-state index contributed by atoms with van der Waals surface area (Å²) in [6.45, 7) is 4.48. The van der Waals surface area contributed by atoms with Gasteiger partial charge in [-0.15, -0.1) is 0 Å². The molecule has 116 valence electrons.